The Morgan fingerprint density at radius 1 is 0.941 bits per heavy atom. The predicted molar refractivity (Wildman–Crippen MR) is 154 cm³/mol. The van der Waals surface area contributed by atoms with E-state index in [0.717, 1.165) is 61.5 Å². The molecule has 2 bridgehead atoms. The molecule has 1 saturated heterocycles. The lowest BCUT2D eigenvalue weighted by Gasteiger charge is -2.39. The summed E-state index contributed by atoms with van der Waals surface area (Å²) in [5.74, 6) is 0.0147. The molecule has 180 valence electrons. The maximum atomic E-state index is 13.4. The molecular weight excluding hydrogens is 771 g/mol. The molecule has 1 heterocycles. The van der Waals surface area contributed by atoms with E-state index in [1.165, 1.54) is 0 Å². The van der Waals surface area contributed by atoms with E-state index in [4.69, 9.17) is 9.47 Å². The highest BCUT2D eigenvalue weighted by molar-refractivity contribution is 14.1. The molecule has 0 aromatic heterocycles. The van der Waals surface area contributed by atoms with Gasteiger partial charge in [-0.05, 0) is 130 Å². The quantitative estimate of drug-likeness (QED) is 0.233. The Morgan fingerprint density at radius 2 is 1.68 bits per heavy atom. The maximum absolute atomic E-state index is 13.4. The minimum Gasteiger partial charge on any atom is -0.458 e. The number of esters is 2. The zero-order chi connectivity index (χ0) is 23.9. The van der Waals surface area contributed by atoms with Crippen LogP contribution in [0.5, 0.6) is 0 Å². The van der Waals surface area contributed by atoms with E-state index in [0.29, 0.717) is 5.56 Å². The van der Waals surface area contributed by atoms with Crippen molar-refractivity contribution in [2.24, 2.45) is 17.8 Å². The van der Waals surface area contributed by atoms with E-state index in [9.17, 15) is 9.59 Å². The number of halogens is 3. The van der Waals surface area contributed by atoms with Crippen molar-refractivity contribution in [3.63, 3.8) is 0 Å². The average molecular weight is 797 g/mol. The topological polar surface area (TPSA) is 64.6 Å². The first-order chi connectivity index (χ1) is 16.4. The molecule has 0 amide bonds. The van der Waals surface area contributed by atoms with Gasteiger partial charge in [-0.2, -0.15) is 0 Å². The van der Waals surface area contributed by atoms with Gasteiger partial charge in [-0.25, -0.2) is 4.79 Å². The molecule has 2 aromatic rings. The molecule has 2 aliphatic carbocycles. The zero-order valence-electron chi connectivity index (χ0n) is 18.6. The van der Waals surface area contributed by atoms with Crippen LogP contribution in [0.25, 0.3) is 0 Å². The van der Waals surface area contributed by atoms with Gasteiger partial charge in [0.1, 0.15) is 11.7 Å². The van der Waals surface area contributed by atoms with Crippen molar-refractivity contribution in [3.05, 3.63) is 64.3 Å². The highest BCUT2D eigenvalue weighted by Gasteiger charge is 2.52. The van der Waals surface area contributed by atoms with Gasteiger partial charge in [0.15, 0.2) is 0 Å². The van der Waals surface area contributed by atoms with Crippen molar-refractivity contribution < 1.29 is 19.1 Å². The van der Waals surface area contributed by atoms with E-state index in [-0.39, 0.29) is 35.8 Å². The Balaban J connectivity index is 1.24. The Kier molecular flexibility index (Phi) is 7.77. The number of ether oxygens (including phenoxy) is 2. The third-order valence-corrected chi connectivity index (χ3v) is 11.2. The van der Waals surface area contributed by atoms with Crippen LogP contribution in [0.2, 0.25) is 0 Å². The second kappa shape index (κ2) is 10.5. The predicted octanol–water partition coefficient (Wildman–Crippen LogP) is 5.89. The van der Waals surface area contributed by atoms with E-state index >= 15 is 0 Å². The fraction of sp³-hybridized carbons (Fsp3) is 0.462. The number of benzene rings is 2. The molecule has 0 spiro atoms. The minimum absolute atomic E-state index is 0.0789. The summed E-state index contributed by atoms with van der Waals surface area (Å²) in [6, 6.07) is 14.1. The zero-order valence-corrected chi connectivity index (χ0v) is 25.0. The molecule has 34 heavy (non-hydrogen) atoms. The van der Waals surface area contributed by atoms with Crippen LogP contribution in [0, 0.1) is 28.5 Å². The molecule has 4 unspecified atom stereocenters. The van der Waals surface area contributed by atoms with E-state index in [2.05, 4.69) is 91.3 Å². The van der Waals surface area contributed by atoms with Gasteiger partial charge < -0.3 is 14.8 Å². The molecule has 5 rings (SSSR count). The van der Waals surface area contributed by atoms with Crippen molar-refractivity contribution in [2.75, 3.05) is 13.1 Å². The third kappa shape index (κ3) is 5.02. The number of hydrogen-bond donors (Lipinski definition) is 1. The fourth-order valence-electron chi connectivity index (χ4n) is 5.85. The summed E-state index contributed by atoms with van der Waals surface area (Å²) in [6.45, 7) is 1.68. The number of carbonyl (C=O) groups excluding carboxylic acids is 2. The summed E-state index contributed by atoms with van der Waals surface area (Å²) in [6.07, 6.45) is 3.88. The first kappa shape index (κ1) is 25.2. The average Bonchev–Trinajstić information content (AvgIpc) is 3.43. The van der Waals surface area contributed by atoms with Crippen LogP contribution in [0.3, 0.4) is 0 Å². The number of piperidine rings is 1. The van der Waals surface area contributed by atoms with Crippen molar-refractivity contribution >= 4 is 79.7 Å². The summed E-state index contributed by atoms with van der Waals surface area (Å²) < 4.78 is 15.3. The van der Waals surface area contributed by atoms with Crippen LogP contribution < -0.4 is 5.32 Å². The molecule has 2 aromatic carbocycles. The van der Waals surface area contributed by atoms with Crippen molar-refractivity contribution in [3.8, 4) is 0 Å². The van der Waals surface area contributed by atoms with E-state index in [1.807, 2.05) is 24.3 Å². The van der Waals surface area contributed by atoms with Crippen molar-refractivity contribution in [2.45, 2.75) is 43.8 Å². The number of fused-ring (bicyclic) bond motifs is 2. The van der Waals surface area contributed by atoms with Gasteiger partial charge in [0, 0.05) is 23.6 Å². The maximum Gasteiger partial charge on any atom is 0.339 e. The Bertz CT molecular complexity index is 1090. The van der Waals surface area contributed by atoms with Crippen LogP contribution >= 0.6 is 67.8 Å². The van der Waals surface area contributed by atoms with Gasteiger partial charge in [-0.3, -0.25) is 4.79 Å². The summed E-state index contributed by atoms with van der Waals surface area (Å²) in [4.78, 5) is 26.3. The smallest absolute Gasteiger partial charge is 0.339 e. The molecule has 3 fully saturated rings. The Labute approximate surface area is 240 Å². The van der Waals surface area contributed by atoms with Crippen LogP contribution in [0.4, 0.5) is 0 Å². The minimum atomic E-state index is -0.546. The number of hydrogen-bond acceptors (Lipinski definition) is 5. The number of rotatable bonds is 5. The van der Waals surface area contributed by atoms with Crippen molar-refractivity contribution in [1.29, 1.82) is 0 Å². The summed E-state index contributed by atoms with van der Waals surface area (Å²) in [5.41, 5.74) is 1.17. The monoisotopic (exact) mass is 797 g/mol. The second-order valence-electron chi connectivity index (χ2n) is 9.56. The highest BCUT2D eigenvalue weighted by atomic mass is 127. The molecule has 8 heteroatoms. The van der Waals surface area contributed by atoms with Gasteiger partial charge >= 0.3 is 11.9 Å². The van der Waals surface area contributed by atoms with Crippen molar-refractivity contribution in [1.82, 2.24) is 5.32 Å². The molecule has 5 nitrogen and oxygen atoms in total. The normalized spacial score (nSPS) is 27.4. The summed E-state index contributed by atoms with van der Waals surface area (Å²) >= 11 is 6.70. The first-order valence-electron chi connectivity index (χ1n) is 11.7. The molecule has 0 radical (unpaired) electrons. The van der Waals surface area contributed by atoms with Gasteiger partial charge in [-0.1, -0.05) is 30.3 Å². The van der Waals surface area contributed by atoms with Crippen LogP contribution in [0.1, 0.15) is 48.0 Å². The molecule has 1 aliphatic heterocycles. The largest absolute Gasteiger partial charge is 0.458 e. The van der Waals surface area contributed by atoms with Gasteiger partial charge in [0.25, 0.3) is 0 Å². The van der Waals surface area contributed by atoms with E-state index in [1.54, 1.807) is 0 Å². The lowest BCUT2D eigenvalue weighted by Crippen LogP contribution is -2.44. The third-order valence-electron chi connectivity index (χ3n) is 7.57. The summed E-state index contributed by atoms with van der Waals surface area (Å²) in [7, 11) is 0. The van der Waals surface area contributed by atoms with Crippen LogP contribution in [-0.4, -0.2) is 31.1 Å². The van der Waals surface area contributed by atoms with E-state index < -0.39 is 5.60 Å². The lowest BCUT2D eigenvalue weighted by molar-refractivity contribution is -0.172. The molecule has 1 N–H and O–H groups in total. The SMILES string of the molecule is O=C(OC1CC2CC1CC2C(=O)OC1(c2ccccc2)CCNCC1)c1cc(I)cc(I)c1I. The Morgan fingerprint density at radius 3 is 2.35 bits per heavy atom. The molecular formula is C26H26I3NO4. The van der Waals surface area contributed by atoms with Gasteiger partial charge in [0.05, 0.1) is 11.5 Å². The van der Waals surface area contributed by atoms with Crippen LogP contribution in [-0.2, 0) is 19.9 Å². The molecule has 4 atom stereocenters. The highest BCUT2D eigenvalue weighted by Crippen LogP contribution is 2.51. The fourth-order valence-corrected chi connectivity index (χ4v) is 8.23. The number of nitrogens with one attached hydrogen (secondary N) is 1. The second-order valence-corrected chi connectivity index (χ2v) is 13.0. The molecule has 2 saturated carbocycles. The summed E-state index contributed by atoms with van der Waals surface area (Å²) in [5, 5.41) is 3.39. The standard InChI is InChI=1S/C26H26I3NO4/c27-18-13-20(23(29)21(28)14-18)24(31)33-22-12-15-10-16(22)11-19(15)25(32)34-26(6-8-30-9-7-26)17-4-2-1-3-5-17/h1-5,13-16,19,22,30H,6-12H2. The Hall–Kier alpha value is -0.470. The molecule has 3 aliphatic rings. The van der Waals surface area contributed by atoms with Gasteiger partial charge in [-0.15, -0.1) is 0 Å². The first-order valence-corrected chi connectivity index (χ1v) is 14.9. The number of carbonyl (C=O) groups is 2. The lowest BCUT2D eigenvalue weighted by atomic mass is 9.83. The van der Waals surface area contributed by atoms with Gasteiger partial charge in [0.2, 0.25) is 0 Å². The van der Waals surface area contributed by atoms with Crippen LogP contribution in [0.15, 0.2) is 42.5 Å².